The second kappa shape index (κ2) is 7.47. The average molecular weight is 265 g/mol. The van der Waals surface area contributed by atoms with E-state index >= 15 is 0 Å². The Morgan fingerprint density at radius 3 is 2.78 bits per heavy atom. The SMILES string of the molecule is CCCCSC(C)C(=O)Nc1cccc(C)c1C. The standard InChI is InChI=1S/C15H23NOS/c1-5-6-10-18-13(4)15(17)16-14-9-7-8-11(2)12(14)3/h7-9,13H,5-6,10H2,1-4H3,(H,16,17). The Bertz CT molecular complexity index is 403. The molecule has 0 bridgehead atoms. The molecule has 0 aliphatic heterocycles. The summed E-state index contributed by atoms with van der Waals surface area (Å²) >= 11 is 1.73. The maximum Gasteiger partial charge on any atom is 0.237 e. The van der Waals surface area contributed by atoms with E-state index in [1.807, 2.05) is 26.0 Å². The molecule has 1 atom stereocenters. The molecular formula is C15H23NOS. The highest BCUT2D eigenvalue weighted by molar-refractivity contribution is 8.00. The van der Waals surface area contributed by atoms with Gasteiger partial charge in [-0.05, 0) is 50.1 Å². The van der Waals surface area contributed by atoms with Crippen molar-refractivity contribution in [2.24, 2.45) is 0 Å². The number of thioether (sulfide) groups is 1. The summed E-state index contributed by atoms with van der Waals surface area (Å²) in [5.74, 6) is 1.16. The molecular weight excluding hydrogens is 242 g/mol. The van der Waals surface area contributed by atoms with Crippen molar-refractivity contribution >= 4 is 23.4 Å². The van der Waals surface area contributed by atoms with Crippen molar-refractivity contribution in [3.05, 3.63) is 29.3 Å². The van der Waals surface area contributed by atoms with Gasteiger partial charge in [-0.15, -0.1) is 11.8 Å². The third-order valence-electron chi connectivity index (χ3n) is 3.10. The van der Waals surface area contributed by atoms with E-state index in [0.29, 0.717) is 0 Å². The van der Waals surface area contributed by atoms with Crippen LogP contribution in [0.1, 0.15) is 37.8 Å². The second-order valence-corrected chi connectivity index (χ2v) is 6.05. The van der Waals surface area contributed by atoms with Crippen molar-refractivity contribution in [1.82, 2.24) is 0 Å². The van der Waals surface area contributed by atoms with Crippen LogP contribution >= 0.6 is 11.8 Å². The fourth-order valence-electron chi connectivity index (χ4n) is 1.60. The van der Waals surface area contributed by atoms with Gasteiger partial charge in [-0.25, -0.2) is 0 Å². The minimum absolute atomic E-state index is 0.0106. The summed E-state index contributed by atoms with van der Waals surface area (Å²) in [6.45, 7) is 8.24. The second-order valence-electron chi connectivity index (χ2n) is 4.60. The molecule has 18 heavy (non-hydrogen) atoms. The number of carbonyl (C=O) groups excluding carboxylic acids is 1. The van der Waals surface area contributed by atoms with E-state index < -0.39 is 0 Å². The molecule has 2 nitrogen and oxygen atoms in total. The molecule has 1 aromatic carbocycles. The van der Waals surface area contributed by atoms with Gasteiger partial charge in [0.2, 0.25) is 5.91 Å². The maximum absolute atomic E-state index is 12.0. The molecule has 1 rings (SSSR count). The van der Waals surface area contributed by atoms with E-state index in [9.17, 15) is 4.79 Å². The molecule has 0 heterocycles. The predicted molar refractivity (Wildman–Crippen MR) is 81.4 cm³/mol. The van der Waals surface area contributed by atoms with Crippen molar-refractivity contribution in [2.45, 2.75) is 45.8 Å². The molecule has 0 saturated heterocycles. The zero-order valence-electron chi connectivity index (χ0n) is 11.7. The molecule has 3 heteroatoms. The number of benzene rings is 1. The van der Waals surface area contributed by atoms with Crippen LogP contribution in [0.2, 0.25) is 0 Å². The summed E-state index contributed by atoms with van der Waals surface area (Å²) < 4.78 is 0. The Morgan fingerprint density at radius 1 is 1.39 bits per heavy atom. The molecule has 0 radical (unpaired) electrons. The molecule has 1 amide bonds. The van der Waals surface area contributed by atoms with Gasteiger partial charge in [0.25, 0.3) is 0 Å². The zero-order chi connectivity index (χ0) is 13.5. The number of amides is 1. The van der Waals surface area contributed by atoms with Crippen LogP contribution in [0.25, 0.3) is 0 Å². The van der Waals surface area contributed by atoms with Crippen molar-refractivity contribution < 1.29 is 4.79 Å². The van der Waals surface area contributed by atoms with Crippen LogP contribution in [-0.4, -0.2) is 16.9 Å². The fourth-order valence-corrected chi connectivity index (χ4v) is 2.62. The topological polar surface area (TPSA) is 29.1 Å². The molecule has 0 aliphatic rings. The van der Waals surface area contributed by atoms with E-state index in [-0.39, 0.29) is 11.2 Å². The quantitative estimate of drug-likeness (QED) is 0.782. The number of anilines is 1. The van der Waals surface area contributed by atoms with Crippen molar-refractivity contribution in [3.8, 4) is 0 Å². The summed E-state index contributed by atoms with van der Waals surface area (Å²) in [6.07, 6.45) is 2.35. The molecule has 0 fully saturated rings. The lowest BCUT2D eigenvalue weighted by Crippen LogP contribution is -2.23. The van der Waals surface area contributed by atoms with Crippen LogP contribution in [0.5, 0.6) is 0 Å². The highest BCUT2D eigenvalue weighted by atomic mass is 32.2. The smallest absolute Gasteiger partial charge is 0.237 e. The lowest BCUT2D eigenvalue weighted by molar-refractivity contribution is -0.115. The highest BCUT2D eigenvalue weighted by Gasteiger charge is 2.14. The Hall–Kier alpha value is -0.960. The molecule has 1 unspecified atom stereocenters. The number of hydrogen-bond acceptors (Lipinski definition) is 2. The van der Waals surface area contributed by atoms with Crippen molar-refractivity contribution in [2.75, 3.05) is 11.1 Å². The van der Waals surface area contributed by atoms with Gasteiger partial charge in [0.15, 0.2) is 0 Å². The first-order chi connectivity index (χ1) is 8.56. The lowest BCUT2D eigenvalue weighted by atomic mass is 10.1. The van der Waals surface area contributed by atoms with Crippen LogP contribution < -0.4 is 5.32 Å². The third-order valence-corrected chi connectivity index (χ3v) is 4.34. The van der Waals surface area contributed by atoms with Crippen LogP contribution in [0.3, 0.4) is 0 Å². The van der Waals surface area contributed by atoms with E-state index in [4.69, 9.17) is 0 Å². The fraction of sp³-hybridized carbons (Fsp3) is 0.533. The van der Waals surface area contributed by atoms with E-state index in [1.165, 1.54) is 18.4 Å². The molecule has 1 N–H and O–H groups in total. The molecule has 0 spiro atoms. The summed E-state index contributed by atoms with van der Waals surface area (Å²) in [5.41, 5.74) is 3.29. The lowest BCUT2D eigenvalue weighted by Gasteiger charge is -2.14. The Labute approximate surface area is 115 Å². The van der Waals surface area contributed by atoms with Gasteiger partial charge in [-0.2, -0.15) is 0 Å². The van der Waals surface area contributed by atoms with Crippen LogP contribution in [-0.2, 0) is 4.79 Å². The van der Waals surface area contributed by atoms with Gasteiger partial charge in [0, 0.05) is 5.69 Å². The molecule has 0 saturated carbocycles. The molecule has 100 valence electrons. The minimum Gasteiger partial charge on any atom is -0.325 e. The normalized spacial score (nSPS) is 12.2. The monoisotopic (exact) mass is 265 g/mol. The van der Waals surface area contributed by atoms with E-state index in [1.54, 1.807) is 11.8 Å². The van der Waals surface area contributed by atoms with E-state index in [2.05, 4.69) is 25.2 Å². The van der Waals surface area contributed by atoms with Crippen LogP contribution in [0.4, 0.5) is 5.69 Å². The van der Waals surface area contributed by atoms with E-state index in [0.717, 1.165) is 17.0 Å². The van der Waals surface area contributed by atoms with Gasteiger partial charge in [0.05, 0.1) is 5.25 Å². The van der Waals surface area contributed by atoms with Crippen molar-refractivity contribution in [1.29, 1.82) is 0 Å². The number of carbonyl (C=O) groups is 1. The number of hydrogen-bond donors (Lipinski definition) is 1. The minimum atomic E-state index is 0.0106. The predicted octanol–water partition coefficient (Wildman–Crippen LogP) is 4.16. The number of aryl methyl sites for hydroxylation is 1. The maximum atomic E-state index is 12.0. The first kappa shape index (κ1) is 15.1. The summed E-state index contributed by atoms with van der Waals surface area (Å²) in [4.78, 5) is 12.0. The summed E-state index contributed by atoms with van der Waals surface area (Å²) in [7, 11) is 0. The third kappa shape index (κ3) is 4.37. The molecule has 0 aromatic heterocycles. The first-order valence-electron chi connectivity index (χ1n) is 6.55. The summed E-state index contributed by atoms with van der Waals surface area (Å²) in [6, 6.07) is 6.00. The Morgan fingerprint density at radius 2 is 2.11 bits per heavy atom. The average Bonchev–Trinajstić information content (AvgIpc) is 2.35. The van der Waals surface area contributed by atoms with Crippen LogP contribution in [0.15, 0.2) is 18.2 Å². The molecule has 0 aliphatic carbocycles. The van der Waals surface area contributed by atoms with Gasteiger partial charge in [-0.3, -0.25) is 4.79 Å². The molecule has 1 aromatic rings. The number of rotatable bonds is 6. The highest BCUT2D eigenvalue weighted by Crippen LogP contribution is 2.20. The van der Waals surface area contributed by atoms with Gasteiger partial charge in [0.1, 0.15) is 0 Å². The van der Waals surface area contributed by atoms with Crippen molar-refractivity contribution in [3.63, 3.8) is 0 Å². The Balaban J connectivity index is 2.56. The van der Waals surface area contributed by atoms with Gasteiger partial charge in [-0.1, -0.05) is 25.5 Å². The summed E-state index contributed by atoms with van der Waals surface area (Å²) in [5, 5.41) is 3.03. The number of nitrogens with one attached hydrogen (secondary N) is 1. The van der Waals surface area contributed by atoms with Crippen LogP contribution in [0, 0.1) is 13.8 Å². The number of unbranched alkanes of at least 4 members (excludes halogenated alkanes) is 1. The Kier molecular flexibility index (Phi) is 6.27. The first-order valence-corrected chi connectivity index (χ1v) is 7.59. The van der Waals surface area contributed by atoms with Gasteiger partial charge >= 0.3 is 0 Å². The largest absolute Gasteiger partial charge is 0.325 e. The van der Waals surface area contributed by atoms with Gasteiger partial charge < -0.3 is 5.32 Å². The zero-order valence-corrected chi connectivity index (χ0v) is 12.6.